The van der Waals surface area contributed by atoms with Crippen molar-refractivity contribution in [3.8, 4) is 0 Å². The van der Waals surface area contributed by atoms with E-state index >= 15 is 0 Å². The number of amides is 2. The first-order valence-electron chi connectivity index (χ1n) is 12.1. The van der Waals surface area contributed by atoms with Crippen molar-refractivity contribution in [1.29, 1.82) is 0 Å². The van der Waals surface area contributed by atoms with E-state index in [1.807, 2.05) is 66.4 Å². The van der Waals surface area contributed by atoms with Crippen LogP contribution in [0.4, 0.5) is 15.8 Å². The zero-order valence-electron chi connectivity index (χ0n) is 19.8. The summed E-state index contributed by atoms with van der Waals surface area (Å²) < 4.78 is 13.8. The van der Waals surface area contributed by atoms with Crippen molar-refractivity contribution < 1.29 is 14.0 Å². The first-order chi connectivity index (χ1) is 16.5. The Bertz CT molecular complexity index is 1150. The lowest BCUT2D eigenvalue weighted by atomic mass is 9.89. The first kappa shape index (κ1) is 23.7. The number of rotatable bonds is 7. The van der Waals surface area contributed by atoms with Crippen LogP contribution in [0.1, 0.15) is 67.9 Å². The minimum atomic E-state index is -0.436. The van der Waals surface area contributed by atoms with Gasteiger partial charge in [0.1, 0.15) is 5.82 Å². The third-order valence-corrected chi connectivity index (χ3v) is 6.46. The van der Waals surface area contributed by atoms with Gasteiger partial charge in [0.05, 0.1) is 6.04 Å². The summed E-state index contributed by atoms with van der Waals surface area (Å²) in [6.07, 6.45) is 4.00. The second-order valence-corrected chi connectivity index (χ2v) is 8.90. The van der Waals surface area contributed by atoms with E-state index in [-0.39, 0.29) is 23.9 Å². The molecule has 34 heavy (non-hydrogen) atoms. The topological polar surface area (TPSA) is 40.6 Å². The Kier molecular flexibility index (Phi) is 7.41. The Morgan fingerprint density at radius 2 is 1.71 bits per heavy atom. The lowest BCUT2D eigenvalue weighted by Gasteiger charge is -2.43. The van der Waals surface area contributed by atoms with Crippen LogP contribution in [0.5, 0.6) is 0 Å². The minimum absolute atomic E-state index is 0.0940. The summed E-state index contributed by atoms with van der Waals surface area (Å²) in [4.78, 5) is 30.6. The molecule has 4 nitrogen and oxygen atoms in total. The number of nitrogens with zero attached hydrogens (tertiary/aromatic N) is 2. The molecule has 2 unspecified atom stereocenters. The highest BCUT2D eigenvalue weighted by molar-refractivity contribution is 6.07. The Morgan fingerprint density at radius 1 is 0.971 bits per heavy atom. The van der Waals surface area contributed by atoms with Gasteiger partial charge in [-0.05, 0) is 61.7 Å². The summed E-state index contributed by atoms with van der Waals surface area (Å²) in [7, 11) is 0. The summed E-state index contributed by atoms with van der Waals surface area (Å²) in [6, 6.07) is 23.0. The monoisotopic (exact) mass is 458 g/mol. The molecule has 0 aromatic heterocycles. The highest BCUT2D eigenvalue weighted by Crippen LogP contribution is 2.43. The van der Waals surface area contributed by atoms with Crippen LogP contribution in [0.25, 0.3) is 0 Å². The lowest BCUT2D eigenvalue weighted by Crippen LogP contribution is -2.47. The van der Waals surface area contributed by atoms with Gasteiger partial charge in [0.25, 0.3) is 5.91 Å². The molecule has 1 heterocycles. The smallest absolute Gasteiger partial charge is 0.258 e. The molecule has 3 aromatic rings. The fraction of sp³-hybridized carbons (Fsp3) is 0.310. The number of halogens is 1. The maximum atomic E-state index is 13.8. The van der Waals surface area contributed by atoms with Crippen LogP contribution >= 0.6 is 0 Å². The Labute approximate surface area is 201 Å². The second-order valence-electron chi connectivity index (χ2n) is 8.90. The SMILES string of the molecule is CCCCCC(=O)N(c1ccccc1)C1CC(C)N(C(=O)c2cccc(F)c2)c2ccccc21. The van der Waals surface area contributed by atoms with E-state index in [0.29, 0.717) is 18.4 Å². The quantitative estimate of drug-likeness (QED) is 0.361. The number of hydrogen-bond donors (Lipinski definition) is 0. The normalized spacial score (nSPS) is 17.2. The standard InChI is InChI=1S/C29H31FN2O2/c1-3-4-6-18-28(33)32(24-14-7-5-8-15-24)27-19-21(2)31(26-17-10-9-16-25(26)27)29(34)22-12-11-13-23(30)20-22/h5,7-17,20-21,27H,3-4,6,18-19H2,1-2H3. The molecule has 4 rings (SSSR count). The van der Waals surface area contributed by atoms with E-state index in [9.17, 15) is 14.0 Å². The highest BCUT2D eigenvalue weighted by atomic mass is 19.1. The third-order valence-electron chi connectivity index (χ3n) is 6.46. The molecule has 2 amide bonds. The maximum absolute atomic E-state index is 13.8. The van der Waals surface area contributed by atoms with Gasteiger partial charge in [0.2, 0.25) is 5.91 Å². The van der Waals surface area contributed by atoms with Crippen molar-refractivity contribution in [1.82, 2.24) is 0 Å². The molecule has 3 aromatic carbocycles. The minimum Gasteiger partial charge on any atom is -0.305 e. The number of carbonyl (C=O) groups is 2. The number of hydrogen-bond acceptors (Lipinski definition) is 2. The summed E-state index contributed by atoms with van der Waals surface area (Å²) >= 11 is 0. The van der Waals surface area contributed by atoms with E-state index < -0.39 is 5.82 Å². The molecular formula is C29H31FN2O2. The molecule has 0 saturated heterocycles. The number of carbonyl (C=O) groups excluding carboxylic acids is 2. The molecule has 2 atom stereocenters. The van der Waals surface area contributed by atoms with Crippen molar-refractivity contribution >= 4 is 23.2 Å². The first-order valence-corrected chi connectivity index (χ1v) is 12.1. The molecule has 1 aliphatic rings. The Morgan fingerprint density at radius 3 is 2.44 bits per heavy atom. The van der Waals surface area contributed by atoms with Gasteiger partial charge < -0.3 is 9.80 Å². The molecule has 5 heteroatoms. The van der Waals surface area contributed by atoms with Gasteiger partial charge in [-0.15, -0.1) is 0 Å². The van der Waals surface area contributed by atoms with Gasteiger partial charge >= 0.3 is 0 Å². The fourth-order valence-corrected chi connectivity index (χ4v) is 4.83. The van der Waals surface area contributed by atoms with Gasteiger partial charge in [0.15, 0.2) is 0 Å². The molecule has 0 spiro atoms. The fourth-order valence-electron chi connectivity index (χ4n) is 4.83. The molecule has 176 valence electrons. The second kappa shape index (κ2) is 10.6. The van der Waals surface area contributed by atoms with Gasteiger partial charge in [0, 0.05) is 29.4 Å². The summed E-state index contributed by atoms with van der Waals surface area (Å²) in [5.41, 5.74) is 2.87. The van der Waals surface area contributed by atoms with Crippen molar-refractivity contribution in [3.05, 3.63) is 95.8 Å². The van der Waals surface area contributed by atoms with Gasteiger partial charge in [-0.3, -0.25) is 9.59 Å². The number of unbranched alkanes of at least 4 members (excludes halogenated alkanes) is 2. The van der Waals surface area contributed by atoms with Crippen LogP contribution in [0.15, 0.2) is 78.9 Å². The number of benzene rings is 3. The van der Waals surface area contributed by atoms with E-state index in [1.54, 1.807) is 17.0 Å². The highest BCUT2D eigenvalue weighted by Gasteiger charge is 2.38. The van der Waals surface area contributed by atoms with Crippen molar-refractivity contribution in [2.45, 2.75) is 58.0 Å². The lowest BCUT2D eigenvalue weighted by molar-refractivity contribution is -0.119. The van der Waals surface area contributed by atoms with E-state index in [4.69, 9.17) is 0 Å². The molecule has 0 saturated carbocycles. The van der Waals surface area contributed by atoms with Gasteiger partial charge in [-0.25, -0.2) is 4.39 Å². The molecule has 0 fully saturated rings. The number of anilines is 2. The number of para-hydroxylation sites is 2. The zero-order valence-corrected chi connectivity index (χ0v) is 19.8. The van der Waals surface area contributed by atoms with Crippen LogP contribution in [0, 0.1) is 5.82 Å². The predicted molar refractivity (Wildman–Crippen MR) is 135 cm³/mol. The molecule has 0 aliphatic carbocycles. The average molecular weight is 459 g/mol. The predicted octanol–water partition coefficient (Wildman–Crippen LogP) is 6.92. The van der Waals surface area contributed by atoms with Crippen LogP contribution in [-0.4, -0.2) is 17.9 Å². The van der Waals surface area contributed by atoms with Crippen LogP contribution in [0.3, 0.4) is 0 Å². The third kappa shape index (κ3) is 4.89. The van der Waals surface area contributed by atoms with Crippen molar-refractivity contribution in [2.24, 2.45) is 0 Å². The summed E-state index contributed by atoms with van der Waals surface area (Å²) in [6.45, 7) is 4.12. The van der Waals surface area contributed by atoms with Crippen molar-refractivity contribution in [2.75, 3.05) is 9.80 Å². The van der Waals surface area contributed by atoms with Crippen LogP contribution in [0.2, 0.25) is 0 Å². The molecular weight excluding hydrogens is 427 g/mol. The molecule has 0 bridgehead atoms. The summed E-state index contributed by atoms with van der Waals surface area (Å²) in [5.74, 6) is -0.579. The molecule has 0 N–H and O–H groups in total. The largest absolute Gasteiger partial charge is 0.305 e. The Balaban J connectivity index is 1.74. The maximum Gasteiger partial charge on any atom is 0.258 e. The number of fused-ring (bicyclic) bond motifs is 1. The van der Waals surface area contributed by atoms with E-state index in [1.165, 1.54) is 12.1 Å². The zero-order chi connectivity index (χ0) is 24.1. The van der Waals surface area contributed by atoms with Crippen LogP contribution < -0.4 is 9.80 Å². The van der Waals surface area contributed by atoms with Gasteiger partial charge in [-0.2, -0.15) is 0 Å². The molecule has 0 radical (unpaired) electrons. The van der Waals surface area contributed by atoms with Gasteiger partial charge in [-0.1, -0.05) is 62.2 Å². The molecule has 1 aliphatic heterocycles. The van der Waals surface area contributed by atoms with Crippen molar-refractivity contribution in [3.63, 3.8) is 0 Å². The van der Waals surface area contributed by atoms with E-state index in [2.05, 4.69) is 6.92 Å². The van der Waals surface area contributed by atoms with Crippen LogP contribution in [-0.2, 0) is 4.79 Å². The average Bonchev–Trinajstić information content (AvgIpc) is 2.85. The summed E-state index contributed by atoms with van der Waals surface area (Å²) in [5, 5.41) is 0. The van der Waals surface area contributed by atoms with E-state index in [0.717, 1.165) is 36.2 Å². The Hall–Kier alpha value is -3.47.